The fraction of sp³-hybridized carbons (Fsp3) is 0.333. The van der Waals surface area contributed by atoms with Crippen molar-refractivity contribution in [3.05, 3.63) is 85.9 Å². The number of anilines is 1. The van der Waals surface area contributed by atoms with Crippen LogP contribution in [0.5, 0.6) is 5.75 Å². The minimum Gasteiger partial charge on any atom is -0.507 e. The molecule has 1 aliphatic rings. The number of nitro benzene ring substituents is 1. The number of Topliss-reactive ketones (excluding diaryl/α,β-unsaturated/α-hetero) is 1. The summed E-state index contributed by atoms with van der Waals surface area (Å²) in [6.07, 6.45) is 1.84. The molecular formula is C30H31N3O8S. The van der Waals surface area contributed by atoms with Gasteiger partial charge in [-0.15, -0.1) is 0 Å². The van der Waals surface area contributed by atoms with Crippen LogP contribution in [0, 0.1) is 23.0 Å². The average molecular weight is 594 g/mol. The predicted molar refractivity (Wildman–Crippen MR) is 157 cm³/mol. The molecule has 1 aliphatic heterocycles. The Morgan fingerprint density at radius 3 is 2.55 bits per heavy atom. The molecule has 0 saturated carbocycles. The Balaban J connectivity index is 1.82. The fourth-order valence-electron chi connectivity index (χ4n) is 4.34. The zero-order valence-corrected chi connectivity index (χ0v) is 24.5. The second-order valence-corrected chi connectivity index (χ2v) is 11.1. The molecule has 0 aliphatic carbocycles. The Kier molecular flexibility index (Phi) is 9.36. The van der Waals surface area contributed by atoms with E-state index in [2.05, 4.69) is 4.98 Å². The monoisotopic (exact) mass is 593 g/mol. The lowest BCUT2D eigenvalue weighted by atomic mass is 9.95. The summed E-state index contributed by atoms with van der Waals surface area (Å²) in [7, 11) is 0. The van der Waals surface area contributed by atoms with Crippen LogP contribution < -0.4 is 9.64 Å². The number of aryl methyl sites for hydroxylation is 1. The molecule has 12 heteroatoms. The average Bonchev–Trinajstić information content (AvgIpc) is 3.48. The number of rotatable bonds is 11. The molecule has 2 heterocycles. The molecule has 0 bridgehead atoms. The Morgan fingerprint density at radius 1 is 1.19 bits per heavy atom. The summed E-state index contributed by atoms with van der Waals surface area (Å²) in [6.45, 7) is 8.12. The van der Waals surface area contributed by atoms with Crippen LogP contribution in [0.2, 0.25) is 0 Å². The van der Waals surface area contributed by atoms with Crippen molar-refractivity contribution >= 4 is 45.6 Å². The lowest BCUT2D eigenvalue weighted by Crippen LogP contribution is -2.29. The van der Waals surface area contributed by atoms with Crippen molar-refractivity contribution in [1.29, 1.82) is 0 Å². The van der Waals surface area contributed by atoms with Crippen LogP contribution in [0.25, 0.3) is 5.76 Å². The van der Waals surface area contributed by atoms with E-state index < -0.39 is 34.4 Å². The van der Waals surface area contributed by atoms with Gasteiger partial charge in [0.2, 0.25) is 0 Å². The van der Waals surface area contributed by atoms with Crippen molar-refractivity contribution in [2.75, 3.05) is 18.1 Å². The van der Waals surface area contributed by atoms with Gasteiger partial charge in [0.1, 0.15) is 16.4 Å². The molecule has 1 amide bonds. The minimum atomic E-state index is -1.25. The number of hydrogen-bond donors (Lipinski definition) is 1. The van der Waals surface area contributed by atoms with Gasteiger partial charge in [-0.05, 0) is 49.1 Å². The highest BCUT2D eigenvalue weighted by molar-refractivity contribution is 7.17. The highest BCUT2D eigenvalue weighted by atomic mass is 32.1. The van der Waals surface area contributed by atoms with Crippen molar-refractivity contribution in [3.8, 4) is 5.75 Å². The van der Waals surface area contributed by atoms with Crippen LogP contribution >= 0.6 is 11.3 Å². The number of aliphatic hydroxyl groups is 1. The Morgan fingerprint density at radius 2 is 1.90 bits per heavy atom. The van der Waals surface area contributed by atoms with Crippen LogP contribution in [0.1, 0.15) is 66.1 Å². The number of aromatic nitrogens is 1. The van der Waals surface area contributed by atoms with E-state index in [9.17, 15) is 29.6 Å². The second kappa shape index (κ2) is 12.9. The van der Waals surface area contributed by atoms with Crippen molar-refractivity contribution in [2.24, 2.45) is 5.92 Å². The first kappa shape index (κ1) is 30.4. The number of aliphatic hydroxyl groups excluding tert-OH is 1. The Labute approximate surface area is 246 Å². The van der Waals surface area contributed by atoms with Gasteiger partial charge in [0.05, 0.1) is 35.4 Å². The Bertz CT molecular complexity index is 1540. The van der Waals surface area contributed by atoms with Gasteiger partial charge in [0.25, 0.3) is 11.5 Å². The molecule has 1 atom stereocenters. The number of carbonyl (C=O) groups is 3. The van der Waals surface area contributed by atoms with E-state index in [4.69, 9.17) is 9.47 Å². The lowest BCUT2D eigenvalue weighted by Gasteiger charge is -2.22. The van der Waals surface area contributed by atoms with Crippen LogP contribution in [0.15, 0.2) is 54.1 Å². The van der Waals surface area contributed by atoms with E-state index in [1.807, 2.05) is 20.8 Å². The summed E-state index contributed by atoms with van der Waals surface area (Å²) < 4.78 is 11.0. The smallest absolute Gasteiger partial charge is 0.350 e. The standard InChI is InChI=1S/C30H31N3O8S/c1-5-6-14-40-22-12-10-19(11-13-22)25(34)23-24(20-8-7-9-21(15-20)33(38)39)32(28(36)26(23)35)30-31-18(4)27(42-30)29(37)41-16-17(2)3/h7-13,15,17,24,34H,5-6,14,16H2,1-4H3/b25-23-. The third-order valence-electron chi connectivity index (χ3n) is 6.46. The van der Waals surface area contributed by atoms with Gasteiger partial charge in [-0.2, -0.15) is 0 Å². The van der Waals surface area contributed by atoms with Gasteiger partial charge in [-0.1, -0.05) is 50.7 Å². The highest BCUT2D eigenvalue weighted by Gasteiger charge is 2.48. The first-order chi connectivity index (χ1) is 20.0. The van der Waals surface area contributed by atoms with Gasteiger partial charge in [-0.25, -0.2) is 9.78 Å². The predicted octanol–water partition coefficient (Wildman–Crippen LogP) is 5.98. The molecule has 0 radical (unpaired) electrons. The van der Waals surface area contributed by atoms with Gasteiger partial charge in [0.15, 0.2) is 5.13 Å². The zero-order valence-electron chi connectivity index (χ0n) is 23.7. The summed E-state index contributed by atoms with van der Waals surface area (Å²) in [5.74, 6) is -2.39. The molecule has 0 spiro atoms. The Hall–Kier alpha value is -4.58. The molecule has 42 heavy (non-hydrogen) atoms. The fourth-order valence-corrected chi connectivity index (χ4v) is 5.32. The third kappa shape index (κ3) is 6.33. The number of unbranched alkanes of at least 4 members (excludes halogenated alkanes) is 1. The number of thiazole rings is 1. The molecule has 1 aromatic heterocycles. The SMILES string of the molecule is CCCCOc1ccc(/C(O)=C2/C(=O)C(=O)N(c3nc(C)c(C(=O)OCC(C)C)s3)C2c2cccc([N+](=O)[O-])c2)cc1. The highest BCUT2D eigenvalue weighted by Crippen LogP contribution is 2.44. The largest absolute Gasteiger partial charge is 0.507 e. The first-order valence-corrected chi connectivity index (χ1v) is 14.3. The number of carbonyl (C=O) groups excluding carboxylic acids is 3. The maximum atomic E-state index is 13.5. The number of hydrogen-bond acceptors (Lipinski definition) is 10. The van der Waals surface area contributed by atoms with Crippen LogP contribution in [0.3, 0.4) is 0 Å². The van der Waals surface area contributed by atoms with E-state index in [0.717, 1.165) is 29.1 Å². The van der Waals surface area contributed by atoms with Gasteiger partial charge in [-0.3, -0.25) is 24.6 Å². The first-order valence-electron chi connectivity index (χ1n) is 13.5. The van der Waals surface area contributed by atoms with Crippen molar-refractivity contribution < 1.29 is 33.9 Å². The number of amides is 1. The number of ether oxygens (including phenoxy) is 2. The summed E-state index contributed by atoms with van der Waals surface area (Å²) in [5.41, 5.74) is 0.222. The summed E-state index contributed by atoms with van der Waals surface area (Å²) >= 11 is 0.865. The van der Waals surface area contributed by atoms with Crippen molar-refractivity contribution in [2.45, 2.75) is 46.6 Å². The number of nitrogens with zero attached hydrogens (tertiary/aromatic N) is 3. The topological polar surface area (TPSA) is 149 Å². The van der Waals surface area contributed by atoms with Gasteiger partial charge < -0.3 is 14.6 Å². The number of esters is 1. The molecule has 3 aromatic rings. The van der Waals surface area contributed by atoms with Gasteiger partial charge >= 0.3 is 11.9 Å². The third-order valence-corrected chi connectivity index (χ3v) is 7.60. The normalized spacial score (nSPS) is 16.2. The molecule has 1 fully saturated rings. The van der Waals surface area contributed by atoms with E-state index >= 15 is 0 Å². The van der Waals surface area contributed by atoms with E-state index in [1.54, 1.807) is 31.2 Å². The van der Waals surface area contributed by atoms with Crippen LogP contribution in [-0.4, -0.2) is 45.9 Å². The zero-order chi connectivity index (χ0) is 30.6. The number of ketones is 1. The second-order valence-electron chi connectivity index (χ2n) is 10.2. The molecule has 11 nitrogen and oxygen atoms in total. The number of nitro groups is 1. The number of non-ortho nitro benzene ring substituents is 1. The molecule has 220 valence electrons. The lowest BCUT2D eigenvalue weighted by molar-refractivity contribution is -0.384. The van der Waals surface area contributed by atoms with Crippen molar-refractivity contribution in [3.63, 3.8) is 0 Å². The molecule has 1 saturated heterocycles. The molecule has 2 aromatic carbocycles. The molecule has 1 N–H and O–H groups in total. The van der Waals surface area contributed by atoms with E-state index in [0.29, 0.717) is 18.1 Å². The van der Waals surface area contributed by atoms with Crippen LogP contribution in [-0.2, 0) is 14.3 Å². The molecular weight excluding hydrogens is 562 g/mol. The van der Waals surface area contributed by atoms with E-state index in [1.165, 1.54) is 24.3 Å². The van der Waals surface area contributed by atoms with Gasteiger partial charge in [0, 0.05) is 17.7 Å². The molecule has 4 rings (SSSR count). The van der Waals surface area contributed by atoms with Crippen molar-refractivity contribution in [1.82, 2.24) is 4.98 Å². The quantitative estimate of drug-likeness (QED) is 0.0539. The minimum absolute atomic E-state index is 0.0151. The summed E-state index contributed by atoms with van der Waals surface area (Å²) in [6, 6.07) is 10.6. The summed E-state index contributed by atoms with van der Waals surface area (Å²) in [4.78, 5) is 56.3. The maximum Gasteiger partial charge on any atom is 0.350 e. The number of benzene rings is 2. The van der Waals surface area contributed by atoms with E-state index in [-0.39, 0.29) is 44.9 Å². The maximum absolute atomic E-state index is 13.5. The van der Waals surface area contributed by atoms with Crippen LogP contribution in [0.4, 0.5) is 10.8 Å². The summed E-state index contributed by atoms with van der Waals surface area (Å²) in [5, 5.41) is 23.0. The molecule has 1 unspecified atom stereocenters.